The maximum Gasteiger partial charge on any atom is 0.317 e. The highest BCUT2D eigenvalue weighted by Gasteiger charge is 2.15. The summed E-state index contributed by atoms with van der Waals surface area (Å²) < 4.78 is 22.4. The second-order valence-corrected chi connectivity index (χ2v) is 12.7. The van der Waals surface area contributed by atoms with Gasteiger partial charge in [-0.15, -0.1) is 0 Å². The predicted octanol–water partition coefficient (Wildman–Crippen LogP) is 6.49. The van der Waals surface area contributed by atoms with Gasteiger partial charge in [-0.1, -0.05) is 103 Å². The molecule has 9 heteroatoms. The van der Waals surface area contributed by atoms with Crippen molar-refractivity contribution >= 4 is 13.9 Å². The maximum atomic E-state index is 12.2. The van der Waals surface area contributed by atoms with Gasteiger partial charge in [0.1, 0.15) is 13.2 Å². The van der Waals surface area contributed by atoms with Crippen LogP contribution in [0, 0.1) is 0 Å². The van der Waals surface area contributed by atoms with Gasteiger partial charge in [0.15, 0.2) is 0 Å². The third-order valence-corrected chi connectivity index (χ3v) is 7.61. The Morgan fingerprint density at radius 1 is 0.730 bits per heavy atom. The number of carbonyl (C=O) groups excluding carboxylic acids is 1. The highest BCUT2D eigenvalue weighted by atomic mass is 31.2. The van der Waals surface area contributed by atoms with Gasteiger partial charge in [0.05, 0.1) is 27.7 Å². The number of unbranched alkanes of at least 4 members (excludes halogenated alkanes) is 15. The molecule has 1 atom stereocenters. The van der Waals surface area contributed by atoms with E-state index >= 15 is 0 Å². The molecule has 222 valence electrons. The van der Waals surface area contributed by atoms with Crippen molar-refractivity contribution in [3.05, 3.63) is 0 Å². The van der Waals surface area contributed by atoms with E-state index in [4.69, 9.17) is 9.05 Å². The number of phosphoric ester groups is 1. The number of phosphoric acid groups is 1. The van der Waals surface area contributed by atoms with Crippen molar-refractivity contribution in [2.45, 2.75) is 116 Å². The molecule has 0 aliphatic rings. The largest absolute Gasteiger partial charge is 0.756 e. The fraction of sp³-hybridized carbons (Fsp3) is 0.964. The zero-order valence-electron chi connectivity index (χ0n) is 24.9. The number of urea groups is 1. The average Bonchev–Trinajstić information content (AvgIpc) is 2.83. The molecule has 0 rings (SSSR count). The van der Waals surface area contributed by atoms with Crippen molar-refractivity contribution in [2.75, 3.05) is 61.0 Å². The van der Waals surface area contributed by atoms with Crippen molar-refractivity contribution in [2.24, 2.45) is 0 Å². The molecule has 0 saturated carbocycles. The molecular formula is C28H60N3O5P. The van der Waals surface area contributed by atoms with Crippen molar-refractivity contribution in [3.63, 3.8) is 0 Å². The number of nitrogens with one attached hydrogen (secondary N) is 1. The van der Waals surface area contributed by atoms with E-state index in [-0.39, 0.29) is 19.2 Å². The summed E-state index contributed by atoms with van der Waals surface area (Å²) in [6.45, 7) is 4.07. The lowest BCUT2D eigenvalue weighted by molar-refractivity contribution is -0.870. The average molecular weight is 550 g/mol. The van der Waals surface area contributed by atoms with Crippen LogP contribution in [0.5, 0.6) is 0 Å². The van der Waals surface area contributed by atoms with E-state index in [0.717, 1.165) is 12.8 Å². The van der Waals surface area contributed by atoms with Crippen LogP contribution in [-0.2, 0) is 13.6 Å². The Hall–Kier alpha value is -0.660. The minimum Gasteiger partial charge on any atom is -0.756 e. The third-order valence-electron chi connectivity index (χ3n) is 6.62. The van der Waals surface area contributed by atoms with E-state index in [1.165, 1.54) is 89.9 Å². The van der Waals surface area contributed by atoms with E-state index in [0.29, 0.717) is 30.5 Å². The van der Waals surface area contributed by atoms with Crippen molar-refractivity contribution in [3.8, 4) is 0 Å². The normalized spacial score (nSPS) is 13.5. The number of carbonyl (C=O) groups is 1. The number of quaternary nitrogens is 1. The van der Waals surface area contributed by atoms with Crippen LogP contribution >= 0.6 is 7.82 Å². The zero-order valence-corrected chi connectivity index (χ0v) is 25.8. The molecule has 0 aliphatic carbocycles. The summed E-state index contributed by atoms with van der Waals surface area (Å²) in [7, 11) is 3.21. The number of rotatable bonds is 26. The molecule has 1 unspecified atom stereocenters. The number of hydrogen-bond acceptors (Lipinski definition) is 5. The molecule has 0 bridgehead atoms. The molecule has 0 heterocycles. The van der Waals surface area contributed by atoms with Crippen LogP contribution in [0.3, 0.4) is 0 Å². The summed E-state index contributed by atoms with van der Waals surface area (Å²) in [6, 6.07) is -0.134. The van der Waals surface area contributed by atoms with Crippen LogP contribution in [0.1, 0.15) is 116 Å². The van der Waals surface area contributed by atoms with Crippen molar-refractivity contribution in [1.82, 2.24) is 10.2 Å². The Morgan fingerprint density at radius 3 is 1.57 bits per heavy atom. The van der Waals surface area contributed by atoms with Gasteiger partial charge in [-0.05, 0) is 12.8 Å². The van der Waals surface area contributed by atoms with Crippen LogP contribution in [0.4, 0.5) is 4.79 Å². The van der Waals surface area contributed by atoms with Gasteiger partial charge in [-0.2, -0.15) is 0 Å². The summed E-state index contributed by atoms with van der Waals surface area (Å²) in [5, 5.41) is 2.67. The van der Waals surface area contributed by atoms with Crippen LogP contribution < -0.4 is 10.2 Å². The second-order valence-electron chi connectivity index (χ2n) is 11.3. The first kappa shape index (κ1) is 36.3. The fourth-order valence-electron chi connectivity index (χ4n) is 4.22. The number of amides is 2. The van der Waals surface area contributed by atoms with Crippen LogP contribution in [0.25, 0.3) is 0 Å². The summed E-state index contributed by atoms with van der Waals surface area (Å²) in [5.41, 5.74) is 0. The Bertz CT molecular complexity index is 587. The molecule has 0 fully saturated rings. The lowest BCUT2D eigenvalue weighted by atomic mass is 10.0. The van der Waals surface area contributed by atoms with E-state index < -0.39 is 7.82 Å². The first-order chi connectivity index (χ1) is 17.6. The van der Waals surface area contributed by atoms with Gasteiger partial charge in [-0.25, -0.2) is 4.79 Å². The predicted molar refractivity (Wildman–Crippen MR) is 153 cm³/mol. The summed E-state index contributed by atoms with van der Waals surface area (Å²) >= 11 is 0. The molecule has 0 aliphatic heterocycles. The van der Waals surface area contributed by atoms with Gasteiger partial charge in [0.2, 0.25) is 0 Å². The molecule has 0 aromatic heterocycles. The summed E-state index contributed by atoms with van der Waals surface area (Å²) in [4.78, 5) is 25.8. The van der Waals surface area contributed by atoms with Crippen LogP contribution in [0.15, 0.2) is 0 Å². The molecule has 1 N–H and O–H groups in total. The fourth-order valence-corrected chi connectivity index (χ4v) is 4.95. The molecular weight excluding hydrogens is 489 g/mol. The van der Waals surface area contributed by atoms with Crippen LogP contribution in [-0.4, -0.2) is 76.5 Å². The first-order valence-corrected chi connectivity index (χ1v) is 16.4. The lowest BCUT2D eigenvalue weighted by Gasteiger charge is -2.27. The Balaban J connectivity index is 3.76. The van der Waals surface area contributed by atoms with Gasteiger partial charge in [-0.3, -0.25) is 4.57 Å². The third kappa shape index (κ3) is 25.4. The Labute approximate surface area is 229 Å². The van der Waals surface area contributed by atoms with Crippen LogP contribution in [0.2, 0.25) is 0 Å². The second kappa shape index (κ2) is 23.2. The highest BCUT2D eigenvalue weighted by Crippen LogP contribution is 2.38. The topological polar surface area (TPSA) is 90.9 Å². The molecule has 0 radical (unpaired) electrons. The number of hydrogen-bond donors (Lipinski definition) is 1. The van der Waals surface area contributed by atoms with Gasteiger partial charge < -0.3 is 28.6 Å². The maximum absolute atomic E-state index is 12.2. The molecule has 0 spiro atoms. The van der Waals surface area contributed by atoms with E-state index in [1.807, 2.05) is 21.1 Å². The molecule has 2 amide bonds. The van der Waals surface area contributed by atoms with Crippen molar-refractivity contribution in [1.29, 1.82) is 0 Å². The van der Waals surface area contributed by atoms with E-state index in [9.17, 15) is 14.3 Å². The lowest BCUT2D eigenvalue weighted by Crippen LogP contribution is -2.39. The highest BCUT2D eigenvalue weighted by molar-refractivity contribution is 7.45. The van der Waals surface area contributed by atoms with Gasteiger partial charge in [0, 0.05) is 20.1 Å². The zero-order chi connectivity index (χ0) is 27.8. The van der Waals surface area contributed by atoms with E-state index in [1.54, 1.807) is 11.9 Å². The number of likely N-dealkylation sites (N-methyl/N-ethyl adjacent to an activating group) is 1. The van der Waals surface area contributed by atoms with Crippen molar-refractivity contribution < 1.29 is 27.8 Å². The quantitative estimate of drug-likeness (QED) is 0.0757. The Kier molecular flexibility index (Phi) is 22.8. The van der Waals surface area contributed by atoms with E-state index in [2.05, 4.69) is 12.2 Å². The molecule has 0 aromatic carbocycles. The number of nitrogens with zero attached hydrogens (tertiary/aromatic N) is 2. The minimum atomic E-state index is -4.30. The Morgan fingerprint density at radius 2 is 1.14 bits per heavy atom. The van der Waals surface area contributed by atoms with Gasteiger partial charge >= 0.3 is 6.03 Å². The SMILES string of the molecule is CCCCCCCCCCCCCCCCCCN(CCCOP(=O)([O-])OCC[N+](C)(C)C)C(=O)NC. The minimum absolute atomic E-state index is 0.0115. The molecule has 37 heavy (non-hydrogen) atoms. The summed E-state index contributed by atoms with van der Waals surface area (Å²) in [6.07, 6.45) is 21.5. The smallest absolute Gasteiger partial charge is 0.317 e. The monoisotopic (exact) mass is 549 g/mol. The van der Waals surface area contributed by atoms with Gasteiger partial charge in [0.25, 0.3) is 7.82 Å². The molecule has 0 saturated heterocycles. The first-order valence-electron chi connectivity index (χ1n) is 15.0. The standard InChI is InChI=1S/C28H60N3O5P/c1-6-7-8-9-10-11-12-13-14-15-16-17-18-19-20-21-23-30(28(32)29-2)24-22-26-35-37(33,34)36-27-25-31(3,4)5/h6-27H2,1-5H3,(H-,29,32,33,34). The summed E-state index contributed by atoms with van der Waals surface area (Å²) in [5.74, 6) is 0. The molecule has 0 aromatic rings. The molecule has 8 nitrogen and oxygen atoms in total.